The number of piperazine rings is 1. The van der Waals surface area contributed by atoms with Gasteiger partial charge in [-0.3, -0.25) is 0 Å². The van der Waals surface area contributed by atoms with Gasteiger partial charge < -0.3 is 15.1 Å². The predicted octanol–water partition coefficient (Wildman–Crippen LogP) is 4.18. The van der Waals surface area contributed by atoms with Gasteiger partial charge in [0.2, 0.25) is 5.95 Å². The lowest BCUT2D eigenvalue weighted by Gasteiger charge is -2.36. The molecule has 2 aromatic carbocycles. The second-order valence-electron chi connectivity index (χ2n) is 7.76. The average Bonchev–Trinajstić information content (AvgIpc) is 2.73. The van der Waals surface area contributed by atoms with Gasteiger partial charge in [-0.1, -0.05) is 18.2 Å². The minimum Gasteiger partial charge on any atom is -0.368 e. The first-order valence-electron chi connectivity index (χ1n) is 10.1. The summed E-state index contributed by atoms with van der Waals surface area (Å²) in [5, 5.41) is 11.8. The number of anilines is 4. The monoisotopic (exact) mass is 388 g/mol. The minimum absolute atomic E-state index is 0.680. The normalized spacial score (nSPS) is 14.2. The smallest absolute Gasteiger partial charge is 0.247 e. The Bertz CT molecular complexity index is 1010. The Morgan fingerprint density at radius 2 is 1.59 bits per heavy atom. The van der Waals surface area contributed by atoms with Gasteiger partial charge in [0.05, 0.1) is 6.20 Å². The summed E-state index contributed by atoms with van der Waals surface area (Å²) in [6.07, 6.45) is 1.67. The van der Waals surface area contributed by atoms with E-state index in [9.17, 15) is 0 Å². The molecule has 150 valence electrons. The van der Waals surface area contributed by atoms with Crippen LogP contribution < -0.4 is 15.1 Å². The molecule has 1 fully saturated rings. The second-order valence-corrected chi connectivity index (χ2v) is 7.76. The van der Waals surface area contributed by atoms with Gasteiger partial charge in [-0.05, 0) is 68.1 Å². The molecule has 4 rings (SSSR count). The van der Waals surface area contributed by atoms with Crippen LogP contribution in [0.1, 0.15) is 22.3 Å². The van der Waals surface area contributed by atoms with Gasteiger partial charge in [0.15, 0.2) is 5.82 Å². The first kappa shape index (κ1) is 19.2. The van der Waals surface area contributed by atoms with Crippen LogP contribution in [-0.4, -0.2) is 41.4 Å². The number of nitrogens with zero attached hydrogens (tertiary/aromatic N) is 5. The molecule has 1 aromatic heterocycles. The van der Waals surface area contributed by atoms with Crippen LogP contribution in [0.25, 0.3) is 0 Å². The largest absolute Gasteiger partial charge is 0.368 e. The van der Waals surface area contributed by atoms with E-state index in [4.69, 9.17) is 4.98 Å². The summed E-state index contributed by atoms with van der Waals surface area (Å²) >= 11 is 0. The van der Waals surface area contributed by atoms with Crippen molar-refractivity contribution in [3.8, 4) is 0 Å². The van der Waals surface area contributed by atoms with Gasteiger partial charge in [-0.15, -0.1) is 5.10 Å². The molecular weight excluding hydrogens is 360 g/mol. The zero-order valence-corrected chi connectivity index (χ0v) is 17.6. The van der Waals surface area contributed by atoms with Gasteiger partial charge in [0.25, 0.3) is 0 Å². The molecule has 0 atom stereocenters. The maximum Gasteiger partial charge on any atom is 0.247 e. The summed E-state index contributed by atoms with van der Waals surface area (Å²) in [7, 11) is 0. The number of aryl methyl sites for hydroxylation is 3. The Morgan fingerprint density at radius 3 is 2.34 bits per heavy atom. The van der Waals surface area contributed by atoms with E-state index in [2.05, 4.69) is 89.4 Å². The molecule has 29 heavy (non-hydrogen) atoms. The standard InChI is InChI=1S/C23H28N6/c1-16-8-9-20(14-18(16)3)25-22-15-24-27-23(26-22)29-12-10-28(11-13-29)21-7-5-6-17(2)19(21)4/h5-9,14-15H,10-13H2,1-4H3,(H,25,26,27). The summed E-state index contributed by atoms with van der Waals surface area (Å²) in [5.74, 6) is 1.40. The number of aromatic nitrogens is 3. The number of rotatable bonds is 4. The molecule has 3 aromatic rings. The molecule has 6 nitrogen and oxygen atoms in total. The lowest BCUT2D eigenvalue weighted by molar-refractivity contribution is 0.634. The Balaban J connectivity index is 1.44. The lowest BCUT2D eigenvalue weighted by Crippen LogP contribution is -2.47. The maximum absolute atomic E-state index is 4.70. The zero-order chi connectivity index (χ0) is 20.4. The van der Waals surface area contributed by atoms with Crippen LogP contribution >= 0.6 is 0 Å². The van der Waals surface area contributed by atoms with Crippen molar-refractivity contribution in [2.75, 3.05) is 41.3 Å². The van der Waals surface area contributed by atoms with E-state index >= 15 is 0 Å². The van der Waals surface area contributed by atoms with Crippen molar-refractivity contribution in [1.82, 2.24) is 15.2 Å². The fourth-order valence-corrected chi connectivity index (χ4v) is 3.68. The maximum atomic E-state index is 4.70. The summed E-state index contributed by atoms with van der Waals surface area (Å²) in [5.41, 5.74) is 7.56. The third-order valence-corrected chi connectivity index (χ3v) is 5.81. The van der Waals surface area contributed by atoms with Crippen molar-refractivity contribution in [1.29, 1.82) is 0 Å². The van der Waals surface area contributed by atoms with Crippen LogP contribution in [0.4, 0.5) is 23.1 Å². The fraction of sp³-hybridized carbons (Fsp3) is 0.348. The van der Waals surface area contributed by atoms with Crippen LogP contribution in [0, 0.1) is 27.7 Å². The predicted molar refractivity (Wildman–Crippen MR) is 119 cm³/mol. The van der Waals surface area contributed by atoms with Crippen molar-refractivity contribution < 1.29 is 0 Å². The highest BCUT2D eigenvalue weighted by atomic mass is 15.4. The van der Waals surface area contributed by atoms with Crippen LogP contribution in [-0.2, 0) is 0 Å². The molecule has 0 amide bonds. The molecule has 0 spiro atoms. The number of nitrogens with one attached hydrogen (secondary N) is 1. The molecule has 1 N–H and O–H groups in total. The molecule has 0 radical (unpaired) electrons. The van der Waals surface area contributed by atoms with E-state index in [1.807, 2.05) is 0 Å². The van der Waals surface area contributed by atoms with Crippen molar-refractivity contribution in [3.05, 3.63) is 64.8 Å². The lowest BCUT2D eigenvalue weighted by atomic mass is 10.1. The van der Waals surface area contributed by atoms with Gasteiger partial charge in [0.1, 0.15) is 0 Å². The molecule has 1 saturated heterocycles. The SMILES string of the molecule is Cc1ccc(Nc2cnnc(N3CCN(c4cccc(C)c4C)CC3)n2)cc1C. The number of hydrogen-bond donors (Lipinski definition) is 1. The summed E-state index contributed by atoms with van der Waals surface area (Å²) in [6, 6.07) is 12.8. The minimum atomic E-state index is 0.680. The number of hydrogen-bond acceptors (Lipinski definition) is 6. The number of benzene rings is 2. The Labute approximate surface area is 172 Å². The van der Waals surface area contributed by atoms with Crippen molar-refractivity contribution in [2.24, 2.45) is 0 Å². The van der Waals surface area contributed by atoms with E-state index in [-0.39, 0.29) is 0 Å². The van der Waals surface area contributed by atoms with Gasteiger partial charge in [-0.2, -0.15) is 10.1 Å². The average molecular weight is 389 g/mol. The van der Waals surface area contributed by atoms with E-state index in [0.717, 1.165) is 37.7 Å². The third kappa shape index (κ3) is 4.16. The Kier molecular flexibility index (Phi) is 5.34. The van der Waals surface area contributed by atoms with Crippen molar-refractivity contribution in [3.63, 3.8) is 0 Å². The highest BCUT2D eigenvalue weighted by Crippen LogP contribution is 2.25. The van der Waals surface area contributed by atoms with E-state index in [0.29, 0.717) is 5.95 Å². The summed E-state index contributed by atoms with van der Waals surface area (Å²) < 4.78 is 0. The molecule has 0 unspecified atom stereocenters. The second kappa shape index (κ2) is 8.07. The first-order chi connectivity index (χ1) is 14.0. The summed E-state index contributed by atoms with van der Waals surface area (Å²) in [6.45, 7) is 12.2. The highest BCUT2D eigenvalue weighted by molar-refractivity contribution is 5.59. The molecule has 0 saturated carbocycles. The zero-order valence-electron chi connectivity index (χ0n) is 17.6. The Morgan fingerprint density at radius 1 is 0.828 bits per heavy atom. The van der Waals surface area contributed by atoms with Gasteiger partial charge >= 0.3 is 0 Å². The topological polar surface area (TPSA) is 57.2 Å². The highest BCUT2D eigenvalue weighted by Gasteiger charge is 2.21. The molecular formula is C23H28N6. The molecule has 2 heterocycles. The van der Waals surface area contributed by atoms with E-state index in [1.54, 1.807) is 6.20 Å². The van der Waals surface area contributed by atoms with E-state index < -0.39 is 0 Å². The molecule has 0 bridgehead atoms. The van der Waals surface area contributed by atoms with Gasteiger partial charge in [0, 0.05) is 37.6 Å². The Hall–Kier alpha value is -3.15. The third-order valence-electron chi connectivity index (χ3n) is 5.81. The first-order valence-corrected chi connectivity index (χ1v) is 10.1. The van der Waals surface area contributed by atoms with E-state index in [1.165, 1.54) is 27.9 Å². The molecule has 1 aliphatic rings. The quantitative estimate of drug-likeness (QED) is 0.724. The van der Waals surface area contributed by atoms with Crippen LogP contribution in [0.2, 0.25) is 0 Å². The van der Waals surface area contributed by atoms with Crippen LogP contribution in [0.3, 0.4) is 0 Å². The molecule has 6 heteroatoms. The van der Waals surface area contributed by atoms with Crippen molar-refractivity contribution in [2.45, 2.75) is 27.7 Å². The van der Waals surface area contributed by atoms with Crippen LogP contribution in [0.15, 0.2) is 42.6 Å². The summed E-state index contributed by atoms with van der Waals surface area (Å²) in [4.78, 5) is 9.35. The van der Waals surface area contributed by atoms with Gasteiger partial charge in [-0.25, -0.2) is 0 Å². The molecule has 0 aliphatic carbocycles. The molecule has 1 aliphatic heterocycles. The van der Waals surface area contributed by atoms with Crippen molar-refractivity contribution >= 4 is 23.1 Å². The fourth-order valence-electron chi connectivity index (χ4n) is 3.68. The van der Waals surface area contributed by atoms with Crippen LogP contribution in [0.5, 0.6) is 0 Å².